The fraction of sp³-hybridized carbons (Fsp3) is 0.316. The summed E-state index contributed by atoms with van der Waals surface area (Å²) in [5, 5.41) is 17.0. The highest BCUT2D eigenvalue weighted by Gasteiger charge is 2.28. The normalized spacial score (nSPS) is 19.1. The minimum Gasteiger partial charge on any atom is -0.477 e. The number of carbonyl (C=O) groups excluding carboxylic acids is 1. The minimum absolute atomic E-state index is 0.00146. The summed E-state index contributed by atoms with van der Waals surface area (Å²) in [5.41, 5.74) is 0.375. The van der Waals surface area contributed by atoms with Crippen LogP contribution in [0.25, 0.3) is 0 Å². The van der Waals surface area contributed by atoms with Gasteiger partial charge in [0.25, 0.3) is 5.91 Å². The van der Waals surface area contributed by atoms with Crippen molar-refractivity contribution < 1.29 is 23.2 Å². The van der Waals surface area contributed by atoms with Crippen molar-refractivity contribution in [3.63, 3.8) is 0 Å². The average molecular weight is 391 g/mol. The number of nitro benzene ring substituents is 1. The third-order valence-electron chi connectivity index (χ3n) is 4.62. The number of halogens is 2. The Kier molecular flexibility index (Phi) is 6.15. The van der Waals surface area contributed by atoms with E-state index in [4.69, 9.17) is 4.74 Å². The second-order valence-corrected chi connectivity index (χ2v) is 6.46. The molecule has 7 nitrogen and oxygen atoms in total. The highest BCUT2D eigenvalue weighted by atomic mass is 19.2. The SMILES string of the molecule is O=C(COc1ccccc1[N+](=O)[O-])NC1CNCCC1c1ccc(F)c(F)c1. The first kappa shape index (κ1) is 19.7. The fourth-order valence-corrected chi connectivity index (χ4v) is 3.27. The first-order chi connectivity index (χ1) is 13.5. The standard InChI is InChI=1S/C19H19F2N3O4/c20-14-6-5-12(9-15(14)21)13-7-8-22-10-16(13)23-19(25)11-28-18-4-2-1-3-17(18)24(26)27/h1-6,9,13,16,22H,7-8,10-11H2,(H,23,25). The van der Waals surface area contributed by atoms with Crippen molar-refractivity contribution in [2.75, 3.05) is 19.7 Å². The quantitative estimate of drug-likeness (QED) is 0.583. The topological polar surface area (TPSA) is 93.5 Å². The Morgan fingerprint density at radius 2 is 2.04 bits per heavy atom. The summed E-state index contributed by atoms with van der Waals surface area (Å²) < 4.78 is 32.1. The van der Waals surface area contributed by atoms with Gasteiger partial charge in [0.2, 0.25) is 0 Å². The lowest BCUT2D eigenvalue weighted by atomic mass is 9.86. The average Bonchev–Trinajstić information content (AvgIpc) is 2.69. The van der Waals surface area contributed by atoms with Crippen molar-refractivity contribution in [3.05, 3.63) is 69.8 Å². The Balaban J connectivity index is 1.65. The molecule has 3 rings (SSSR count). The molecule has 1 saturated heterocycles. The Hall–Kier alpha value is -3.07. The summed E-state index contributed by atoms with van der Waals surface area (Å²) in [6, 6.07) is 9.17. The van der Waals surface area contributed by atoms with E-state index in [1.165, 1.54) is 24.3 Å². The fourth-order valence-electron chi connectivity index (χ4n) is 3.27. The molecule has 2 aromatic rings. The van der Waals surface area contributed by atoms with E-state index in [0.717, 1.165) is 12.1 Å². The van der Waals surface area contributed by atoms with Gasteiger partial charge in [0.05, 0.1) is 4.92 Å². The van der Waals surface area contributed by atoms with Crippen LogP contribution in [0.5, 0.6) is 5.75 Å². The highest BCUT2D eigenvalue weighted by molar-refractivity contribution is 5.78. The third-order valence-corrected chi connectivity index (χ3v) is 4.62. The molecule has 1 aliphatic rings. The number of hydrogen-bond acceptors (Lipinski definition) is 5. The highest BCUT2D eigenvalue weighted by Crippen LogP contribution is 2.28. The number of ether oxygens (including phenoxy) is 1. The van der Waals surface area contributed by atoms with Crippen LogP contribution in [0.2, 0.25) is 0 Å². The molecule has 0 spiro atoms. The second-order valence-electron chi connectivity index (χ2n) is 6.46. The van der Waals surface area contributed by atoms with E-state index in [1.54, 1.807) is 6.07 Å². The van der Waals surface area contributed by atoms with Gasteiger partial charge in [-0.25, -0.2) is 8.78 Å². The molecule has 2 N–H and O–H groups in total. The van der Waals surface area contributed by atoms with Crippen LogP contribution in [0.3, 0.4) is 0 Å². The smallest absolute Gasteiger partial charge is 0.310 e. The van der Waals surface area contributed by atoms with Crippen molar-refractivity contribution in [2.24, 2.45) is 0 Å². The van der Waals surface area contributed by atoms with Gasteiger partial charge in [-0.05, 0) is 36.7 Å². The molecule has 148 valence electrons. The molecule has 0 aliphatic carbocycles. The number of piperidine rings is 1. The number of benzene rings is 2. The summed E-state index contributed by atoms with van der Waals surface area (Å²) in [4.78, 5) is 22.7. The first-order valence-electron chi connectivity index (χ1n) is 8.77. The van der Waals surface area contributed by atoms with Crippen molar-refractivity contribution in [1.82, 2.24) is 10.6 Å². The molecule has 1 amide bonds. The molecule has 0 saturated carbocycles. The van der Waals surface area contributed by atoms with Crippen molar-refractivity contribution >= 4 is 11.6 Å². The van der Waals surface area contributed by atoms with Crippen molar-refractivity contribution in [2.45, 2.75) is 18.4 Å². The molecule has 0 aromatic heterocycles. The summed E-state index contributed by atoms with van der Waals surface area (Å²) in [6.07, 6.45) is 0.640. The number of nitro groups is 1. The molecular weight excluding hydrogens is 372 g/mol. The Labute approximate surface area is 159 Å². The Morgan fingerprint density at radius 3 is 2.79 bits per heavy atom. The van der Waals surface area contributed by atoms with Crippen LogP contribution in [0.15, 0.2) is 42.5 Å². The van der Waals surface area contributed by atoms with Gasteiger partial charge in [-0.1, -0.05) is 18.2 Å². The van der Waals surface area contributed by atoms with Crippen LogP contribution in [0.1, 0.15) is 17.9 Å². The number of nitrogens with zero attached hydrogens (tertiary/aromatic N) is 1. The zero-order valence-electron chi connectivity index (χ0n) is 14.9. The van der Waals surface area contributed by atoms with E-state index in [0.29, 0.717) is 25.1 Å². The molecule has 1 aliphatic heterocycles. The van der Waals surface area contributed by atoms with E-state index in [9.17, 15) is 23.7 Å². The number of para-hydroxylation sites is 2. The number of carbonyl (C=O) groups is 1. The first-order valence-corrected chi connectivity index (χ1v) is 8.77. The molecule has 0 bridgehead atoms. The molecule has 2 aromatic carbocycles. The summed E-state index contributed by atoms with van der Waals surface area (Å²) in [6.45, 7) is 0.746. The number of hydrogen-bond donors (Lipinski definition) is 2. The van der Waals surface area contributed by atoms with E-state index in [2.05, 4.69) is 10.6 Å². The third kappa shape index (κ3) is 4.61. The monoisotopic (exact) mass is 391 g/mol. The van der Waals surface area contributed by atoms with Gasteiger partial charge < -0.3 is 15.4 Å². The largest absolute Gasteiger partial charge is 0.477 e. The molecule has 0 radical (unpaired) electrons. The number of rotatable bonds is 6. The van der Waals surface area contributed by atoms with Gasteiger partial charge in [0.1, 0.15) is 0 Å². The molecule has 2 unspecified atom stereocenters. The minimum atomic E-state index is -0.930. The Bertz CT molecular complexity index is 878. The maximum absolute atomic E-state index is 13.6. The Morgan fingerprint density at radius 1 is 1.25 bits per heavy atom. The zero-order chi connectivity index (χ0) is 20.1. The summed E-state index contributed by atoms with van der Waals surface area (Å²) >= 11 is 0. The van der Waals surface area contributed by atoms with E-state index in [1.807, 2.05) is 0 Å². The second kappa shape index (κ2) is 8.75. The number of amides is 1. The molecule has 2 atom stereocenters. The molecule has 1 fully saturated rings. The van der Waals surface area contributed by atoms with Gasteiger partial charge in [0.15, 0.2) is 24.0 Å². The van der Waals surface area contributed by atoms with E-state index < -0.39 is 29.1 Å². The van der Waals surface area contributed by atoms with Gasteiger partial charge >= 0.3 is 5.69 Å². The van der Waals surface area contributed by atoms with Gasteiger partial charge in [-0.15, -0.1) is 0 Å². The zero-order valence-corrected chi connectivity index (χ0v) is 14.9. The maximum atomic E-state index is 13.6. The van der Waals surface area contributed by atoms with Gasteiger partial charge in [0, 0.05) is 24.6 Å². The van der Waals surface area contributed by atoms with Crippen molar-refractivity contribution in [3.8, 4) is 5.75 Å². The summed E-state index contributed by atoms with van der Waals surface area (Å²) in [5.74, 6) is -2.50. The predicted molar refractivity (Wildman–Crippen MR) is 97.1 cm³/mol. The lowest BCUT2D eigenvalue weighted by Gasteiger charge is -2.33. The van der Waals surface area contributed by atoms with Gasteiger partial charge in [-0.3, -0.25) is 14.9 Å². The predicted octanol–water partition coefficient (Wildman–Crippen LogP) is 2.51. The van der Waals surface area contributed by atoms with E-state index in [-0.39, 0.29) is 23.4 Å². The molecular formula is C19H19F2N3O4. The lowest BCUT2D eigenvalue weighted by Crippen LogP contribution is -2.51. The van der Waals surface area contributed by atoms with Gasteiger partial charge in [-0.2, -0.15) is 0 Å². The van der Waals surface area contributed by atoms with Crippen LogP contribution in [-0.4, -0.2) is 36.6 Å². The lowest BCUT2D eigenvalue weighted by molar-refractivity contribution is -0.385. The van der Waals surface area contributed by atoms with Crippen LogP contribution >= 0.6 is 0 Å². The van der Waals surface area contributed by atoms with Crippen LogP contribution < -0.4 is 15.4 Å². The summed E-state index contributed by atoms with van der Waals surface area (Å²) in [7, 11) is 0. The molecule has 9 heteroatoms. The molecule has 28 heavy (non-hydrogen) atoms. The number of nitrogens with one attached hydrogen (secondary N) is 2. The van der Waals surface area contributed by atoms with Crippen LogP contribution in [-0.2, 0) is 4.79 Å². The van der Waals surface area contributed by atoms with Crippen LogP contribution in [0.4, 0.5) is 14.5 Å². The maximum Gasteiger partial charge on any atom is 0.310 e. The van der Waals surface area contributed by atoms with E-state index >= 15 is 0 Å². The van der Waals surface area contributed by atoms with Crippen molar-refractivity contribution in [1.29, 1.82) is 0 Å². The molecule has 1 heterocycles. The van der Waals surface area contributed by atoms with Crippen LogP contribution in [0, 0.1) is 21.7 Å².